The Balaban J connectivity index is 1.42. The van der Waals surface area contributed by atoms with Crippen molar-refractivity contribution in [2.45, 2.75) is 62.1 Å². The Hall–Kier alpha value is -2.08. The molecule has 0 bridgehead atoms. The lowest BCUT2D eigenvalue weighted by molar-refractivity contribution is -0.0759. The number of aliphatic hydroxyl groups is 2. The van der Waals surface area contributed by atoms with E-state index in [1.165, 1.54) is 23.0 Å². The van der Waals surface area contributed by atoms with Crippen LogP contribution in [0.15, 0.2) is 36.5 Å². The number of ether oxygens (including phenoxy) is 2. The molecule has 3 heterocycles. The SMILES string of the molecule is COC([C@@H]1O[C@@H](n2ccc3c(N[C@H](C)c4ccc(C5CC5)cc4)nc(Cl)nc32)[C@H](O)[C@@H]1O)P(=O)(O)O. The molecule has 2 fully saturated rings. The van der Waals surface area contributed by atoms with Crippen LogP contribution in [-0.4, -0.2) is 65.8 Å². The molecule has 1 aliphatic heterocycles. The van der Waals surface area contributed by atoms with E-state index in [4.69, 9.17) is 21.1 Å². The van der Waals surface area contributed by atoms with Crippen molar-refractivity contribution in [3.63, 3.8) is 0 Å². The molecule has 194 valence electrons. The number of aliphatic hydroxyl groups excluding tert-OH is 2. The summed E-state index contributed by atoms with van der Waals surface area (Å²) in [4.78, 5) is 27.8. The highest BCUT2D eigenvalue weighted by atomic mass is 35.5. The van der Waals surface area contributed by atoms with Gasteiger partial charge in [-0.2, -0.15) is 4.98 Å². The molecule has 1 saturated heterocycles. The first-order valence-electron chi connectivity index (χ1n) is 11.6. The van der Waals surface area contributed by atoms with Crippen LogP contribution in [0.1, 0.15) is 49.1 Å². The largest absolute Gasteiger partial charge is 0.387 e. The molecule has 1 unspecified atom stereocenters. The molecule has 2 aliphatic rings. The molecule has 0 amide bonds. The number of nitrogens with one attached hydrogen (secondary N) is 1. The van der Waals surface area contributed by atoms with Gasteiger partial charge in [-0.15, -0.1) is 0 Å². The summed E-state index contributed by atoms with van der Waals surface area (Å²) in [5, 5.41) is 25.1. The number of hydrogen-bond donors (Lipinski definition) is 5. The Morgan fingerprint density at radius 1 is 1.17 bits per heavy atom. The molecule has 5 N–H and O–H groups in total. The van der Waals surface area contributed by atoms with Gasteiger partial charge < -0.3 is 39.4 Å². The van der Waals surface area contributed by atoms with Crippen LogP contribution in [0.3, 0.4) is 0 Å². The average Bonchev–Trinajstić information content (AvgIpc) is 3.54. The van der Waals surface area contributed by atoms with Crippen molar-refractivity contribution in [1.29, 1.82) is 0 Å². The molecule has 1 saturated carbocycles. The number of aromatic nitrogens is 3. The maximum Gasteiger partial charge on any atom is 0.356 e. The highest BCUT2D eigenvalue weighted by Crippen LogP contribution is 2.48. The third kappa shape index (κ3) is 4.78. The van der Waals surface area contributed by atoms with Crippen LogP contribution >= 0.6 is 19.2 Å². The fourth-order valence-corrected chi connectivity index (χ4v) is 5.77. The first kappa shape index (κ1) is 25.6. The predicted molar refractivity (Wildman–Crippen MR) is 132 cm³/mol. The molecule has 13 heteroatoms. The van der Waals surface area contributed by atoms with Crippen molar-refractivity contribution < 1.29 is 34.0 Å². The molecule has 11 nitrogen and oxygen atoms in total. The van der Waals surface area contributed by atoms with E-state index in [0.29, 0.717) is 22.8 Å². The average molecular weight is 539 g/mol. The summed E-state index contributed by atoms with van der Waals surface area (Å²) in [6.07, 6.45) is -1.73. The molecule has 1 aliphatic carbocycles. The molecule has 2 aromatic heterocycles. The van der Waals surface area contributed by atoms with Crippen LogP contribution in [0.2, 0.25) is 5.28 Å². The van der Waals surface area contributed by atoms with Crippen molar-refractivity contribution in [1.82, 2.24) is 14.5 Å². The second kappa shape index (κ2) is 9.66. The van der Waals surface area contributed by atoms with Crippen LogP contribution in [-0.2, 0) is 14.0 Å². The van der Waals surface area contributed by atoms with E-state index in [1.54, 1.807) is 12.3 Å². The molecule has 6 atom stereocenters. The molecule has 36 heavy (non-hydrogen) atoms. The van der Waals surface area contributed by atoms with Crippen molar-refractivity contribution in [3.05, 3.63) is 52.9 Å². The first-order valence-corrected chi connectivity index (χ1v) is 13.6. The number of benzene rings is 1. The van der Waals surface area contributed by atoms with Crippen molar-refractivity contribution >= 4 is 36.0 Å². The lowest BCUT2D eigenvalue weighted by Gasteiger charge is -2.24. The number of halogens is 1. The standard InChI is InChI=1S/C23H28ClN4O7P/c1-11(12-3-5-13(6-4-12)14-7-8-14)25-19-15-9-10-28(20(15)27-23(24)26-19)21-17(30)16(29)18(35-21)22(34-2)36(31,32)33/h3-6,9-11,14,16-18,21-22,29-30H,7-8H2,1-2H3,(H,25,26,27)(H2,31,32,33)/t11-,16+,17-,18-,21-,22?/m1/s1. The summed E-state index contributed by atoms with van der Waals surface area (Å²) in [6.45, 7) is 2.00. The normalized spacial score (nSPS) is 26.3. The van der Waals surface area contributed by atoms with E-state index >= 15 is 0 Å². The van der Waals surface area contributed by atoms with Crippen LogP contribution in [0.4, 0.5) is 5.82 Å². The summed E-state index contributed by atoms with van der Waals surface area (Å²) in [5.41, 5.74) is 2.74. The van der Waals surface area contributed by atoms with Gasteiger partial charge in [-0.1, -0.05) is 24.3 Å². The number of rotatable bonds is 8. The smallest absolute Gasteiger partial charge is 0.356 e. The summed E-state index contributed by atoms with van der Waals surface area (Å²) in [7, 11) is -3.70. The van der Waals surface area contributed by atoms with E-state index in [1.807, 2.05) is 6.92 Å². The number of methoxy groups -OCH3 is 1. The zero-order valence-corrected chi connectivity index (χ0v) is 21.3. The summed E-state index contributed by atoms with van der Waals surface area (Å²) >= 11 is 6.23. The molecule has 1 aromatic carbocycles. The number of anilines is 1. The fraction of sp³-hybridized carbons (Fsp3) is 0.478. The van der Waals surface area contributed by atoms with Gasteiger partial charge in [0.15, 0.2) is 12.1 Å². The Labute approximate surface area is 212 Å². The number of fused-ring (bicyclic) bond motifs is 1. The van der Waals surface area contributed by atoms with Crippen molar-refractivity contribution in [3.8, 4) is 0 Å². The monoisotopic (exact) mass is 538 g/mol. The van der Waals surface area contributed by atoms with Gasteiger partial charge in [0, 0.05) is 19.3 Å². The fourth-order valence-electron chi connectivity index (χ4n) is 4.70. The van der Waals surface area contributed by atoms with Gasteiger partial charge in [-0.25, -0.2) is 4.98 Å². The molecular weight excluding hydrogens is 511 g/mol. The predicted octanol–water partition coefficient (Wildman–Crippen LogP) is 2.90. The first-order chi connectivity index (χ1) is 17.1. The highest BCUT2D eigenvalue weighted by Gasteiger charge is 2.52. The summed E-state index contributed by atoms with van der Waals surface area (Å²) < 4.78 is 23.9. The Morgan fingerprint density at radius 3 is 2.47 bits per heavy atom. The molecule has 3 aromatic rings. The minimum absolute atomic E-state index is 0.0456. The molecular formula is C23H28ClN4O7P. The molecule has 0 spiro atoms. The quantitative estimate of drug-likeness (QED) is 0.213. The Morgan fingerprint density at radius 2 is 1.86 bits per heavy atom. The summed E-state index contributed by atoms with van der Waals surface area (Å²) in [5.74, 6) is -0.608. The van der Waals surface area contributed by atoms with Crippen LogP contribution in [0.25, 0.3) is 11.0 Å². The van der Waals surface area contributed by atoms with Gasteiger partial charge in [-0.3, -0.25) is 4.57 Å². The highest BCUT2D eigenvalue weighted by molar-refractivity contribution is 7.52. The van der Waals surface area contributed by atoms with Gasteiger partial charge in [0.2, 0.25) is 5.28 Å². The Bertz CT molecular complexity index is 1300. The van der Waals surface area contributed by atoms with Crippen LogP contribution in [0.5, 0.6) is 0 Å². The van der Waals surface area contributed by atoms with Gasteiger partial charge in [0.05, 0.1) is 5.39 Å². The third-order valence-electron chi connectivity index (χ3n) is 6.79. The topological polar surface area (TPSA) is 159 Å². The summed E-state index contributed by atoms with van der Waals surface area (Å²) in [6, 6.07) is 10.1. The van der Waals surface area contributed by atoms with E-state index in [-0.39, 0.29) is 11.3 Å². The van der Waals surface area contributed by atoms with Gasteiger partial charge in [0.1, 0.15) is 29.8 Å². The second-order valence-corrected chi connectivity index (χ2v) is 11.3. The van der Waals surface area contributed by atoms with Crippen LogP contribution < -0.4 is 5.32 Å². The van der Waals surface area contributed by atoms with Gasteiger partial charge >= 0.3 is 7.60 Å². The maximum absolute atomic E-state index is 11.8. The van der Waals surface area contributed by atoms with Gasteiger partial charge in [-0.05, 0) is 54.5 Å². The zero-order chi connectivity index (χ0) is 25.8. The van der Waals surface area contributed by atoms with E-state index in [0.717, 1.165) is 12.7 Å². The van der Waals surface area contributed by atoms with Crippen molar-refractivity contribution in [2.75, 3.05) is 12.4 Å². The minimum Gasteiger partial charge on any atom is -0.387 e. The second-order valence-electron chi connectivity index (χ2n) is 9.30. The van der Waals surface area contributed by atoms with Crippen LogP contribution in [0, 0.1) is 0 Å². The number of hydrogen-bond acceptors (Lipinski definition) is 8. The van der Waals surface area contributed by atoms with E-state index in [2.05, 4.69) is 39.6 Å². The molecule has 0 radical (unpaired) electrons. The third-order valence-corrected chi connectivity index (χ3v) is 8.12. The maximum atomic E-state index is 11.8. The van der Waals surface area contributed by atoms with E-state index in [9.17, 15) is 24.6 Å². The van der Waals surface area contributed by atoms with Crippen molar-refractivity contribution in [2.24, 2.45) is 0 Å². The molecule has 5 rings (SSSR count). The van der Waals surface area contributed by atoms with Gasteiger partial charge in [0.25, 0.3) is 0 Å². The van der Waals surface area contributed by atoms with E-state index < -0.39 is 38.0 Å². The lowest BCUT2D eigenvalue weighted by Crippen LogP contribution is -2.39. The lowest BCUT2D eigenvalue weighted by atomic mass is 10.0. The number of nitrogens with zero attached hydrogens (tertiary/aromatic N) is 3. The minimum atomic E-state index is -4.79. The Kier molecular flexibility index (Phi) is 6.86. The zero-order valence-electron chi connectivity index (χ0n) is 19.6.